The van der Waals surface area contributed by atoms with Crippen molar-refractivity contribution in [2.75, 3.05) is 25.9 Å². The van der Waals surface area contributed by atoms with E-state index in [0.29, 0.717) is 58.9 Å². The predicted molar refractivity (Wildman–Crippen MR) is 127 cm³/mol. The summed E-state index contributed by atoms with van der Waals surface area (Å²) >= 11 is 6.25. The first-order valence-corrected chi connectivity index (χ1v) is 10.8. The van der Waals surface area contributed by atoms with Crippen molar-refractivity contribution in [3.05, 3.63) is 58.5 Å². The fourth-order valence-electron chi connectivity index (χ4n) is 3.91. The van der Waals surface area contributed by atoms with Crippen LogP contribution in [0, 0.1) is 22.6 Å². The second kappa shape index (κ2) is 10.1. The van der Waals surface area contributed by atoms with Crippen molar-refractivity contribution in [2.45, 2.75) is 26.4 Å². The van der Waals surface area contributed by atoms with Crippen molar-refractivity contribution >= 4 is 34.0 Å². The lowest BCUT2D eigenvalue weighted by atomic mass is 9.86. The Morgan fingerprint density at radius 1 is 1.38 bits per heavy atom. The molecule has 1 aliphatic heterocycles. The van der Waals surface area contributed by atoms with Crippen LogP contribution in [0.2, 0.25) is 0 Å². The standard InChI is InChI=1S/C23H28ClFN6O/c1-4-30-21-14-8-19(23(28)31-11-14)32-12(2)17-9-15(25)5-6-16(17)20(26)13(10-29-3)7-18(21)22(24)27/h5-6,8-9,11-13,26-27,29-30H,4,7,10H2,1-3H3,(H2,28,31)/b21-18-,26-20?,27-22?/t12-,13?/m1/s1. The first-order chi connectivity index (χ1) is 15.3. The van der Waals surface area contributed by atoms with Gasteiger partial charge in [0.05, 0.1) is 0 Å². The molecule has 9 heteroatoms. The van der Waals surface area contributed by atoms with Gasteiger partial charge >= 0.3 is 0 Å². The lowest BCUT2D eigenvalue weighted by Gasteiger charge is -2.26. The molecule has 32 heavy (non-hydrogen) atoms. The van der Waals surface area contributed by atoms with E-state index in [1.54, 1.807) is 32.3 Å². The molecule has 0 amide bonds. The highest BCUT2D eigenvalue weighted by Crippen LogP contribution is 2.34. The third-order valence-corrected chi connectivity index (χ3v) is 5.67. The molecular weight excluding hydrogens is 431 g/mol. The van der Waals surface area contributed by atoms with E-state index in [-0.39, 0.29) is 16.9 Å². The largest absolute Gasteiger partial charge is 0.482 e. The normalized spacial score (nSPS) is 21.1. The molecule has 1 aliphatic rings. The summed E-state index contributed by atoms with van der Waals surface area (Å²) in [6, 6.07) is 6.06. The number of nitrogens with two attached hydrogens (primary N) is 1. The van der Waals surface area contributed by atoms with Gasteiger partial charge in [0.2, 0.25) is 0 Å². The molecule has 0 aliphatic carbocycles. The van der Waals surface area contributed by atoms with E-state index in [1.165, 1.54) is 12.1 Å². The van der Waals surface area contributed by atoms with Gasteiger partial charge in [-0.25, -0.2) is 9.37 Å². The van der Waals surface area contributed by atoms with Crippen LogP contribution in [0.1, 0.15) is 43.1 Å². The van der Waals surface area contributed by atoms with Gasteiger partial charge in [0.15, 0.2) is 11.6 Å². The number of halogens is 2. The number of anilines is 1. The van der Waals surface area contributed by atoms with Gasteiger partial charge in [-0.15, -0.1) is 0 Å². The number of nitrogens with zero attached hydrogens (tertiary/aromatic N) is 1. The van der Waals surface area contributed by atoms with Gasteiger partial charge in [0.1, 0.15) is 17.1 Å². The molecule has 1 aromatic carbocycles. The zero-order valence-corrected chi connectivity index (χ0v) is 19.1. The SMILES string of the molecule is CCN/C1=C(\C(=N)Cl)CC(CNC)C(=N)c2ccc(F)cc2[C@@H](C)Oc2cc1cnc2N. The molecule has 2 bridgehead atoms. The zero-order valence-electron chi connectivity index (χ0n) is 18.4. The Bertz CT molecular complexity index is 1070. The molecule has 170 valence electrons. The van der Waals surface area contributed by atoms with Crippen molar-refractivity contribution in [1.82, 2.24) is 15.6 Å². The van der Waals surface area contributed by atoms with E-state index in [1.807, 2.05) is 6.92 Å². The Kier molecular flexibility index (Phi) is 7.48. The Hall–Kier alpha value is -2.97. The second-order valence-electron chi connectivity index (χ2n) is 7.67. The Morgan fingerprint density at radius 3 is 2.78 bits per heavy atom. The minimum atomic E-state index is -0.576. The third kappa shape index (κ3) is 4.92. The smallest absolute Gasteiger partial charge is 0.166 e. The summed E-state index contributed by atoms with van der Waals surface area (Å²) in [7, 11) is 1.80. The summed E-state index contributed by atoms with van der Waals surface area (Å²) in [6.45, 7) is 4.80. The van der Waals surface area contributed by atoms with Gasteiger partial charge in [-0.2, -0.15) is 0 Å². The second-order valence-corrected chi connectivity index (χ2v) is 8.05. The van der Waals surface area contributed by atoms with Gasteiger partial charge < -0.3 is 26.5 Å². The van der Waals surface area contributed by atoms with Crippen molar-refractivity contribution < 1.29 is 9.13 Å². The molecule has 2 heterocycles. The highest BCUT2D eigenvalue weighted by atomic mass is 35.5. The molecule has 7 nitrogen and oxygen atoms in total. The lowest BCUT2D eigenvalue weighted by molar-refractivity contribution is 0.226. The Morgan fingerprint density at radius 2 is 2.12 bits per heavy atom. The number of fused-ring (bicyclic) bond motifs is 3. The van der Waals surface area contributed by atoms with Crippen LogP contribution in [0.3, 0.4) is 0 Å². The fourth-order valence-corrected chi connectivity index (χ4v) is 4.08. The topological polar surface area (TPSA) is 120 Å². The summed E-state index contributed by atoms with van der Waals surface area (Å²) in [4.78, 5) is 4.27. The van der Waals surface area contributed by atoms with Crippen LogP contribution in [-0.4, -0.2) is 36.0 Å². The number of ether oxygens (including phenoxy) is 1. The van der Waals surface area contributed by atoms with E-state index in [0.717, 1.165) is 0 Å². The third-order valence-electron chi connectivity index (χ3n) is 5.45. The molecule has 0 saturated carbocycles. The molecule has 0 saturated heterocycles. The number of nitrogen functional groups attached to an aromatic ring is 1. The molecule has 0 radical (unpaired) electrons. The van der Waals surface area contributed by atoms with Crippen LogP contribution >= 0.6 is 11.6 Å². The molecule has 1 unspecified atom stereocenters. The number of hydrogen-bond donors (Lipinski definition) is 5. The van der Waals surface area contributed by atoms with Gasteiger partial charge in [0, 0.05) is 58.9 Å². The lowest BCUT2D eigenvalue weighted by Crippen LogP contribution is -2.30. The van der Waals surface area contributed by atoms with E-state index in [2.05, 4.69) is 15.6 Å². The molecule has 1 aromatic heterocycles. The van der Waals surface area contributed by atoms with Crippen molar-refractivity contribution in [3.63, 3.8) is 0 Å². The van der Waals surface area contributed by atoms with E-state index < -0.39 is 11.9 Å². The first kappa shape index (κ1) is 23.7. The molecule has 2 atom stereocenters. The van der Waals surface area contributed by atoms with Gasteiger partial charge in [0.25, 0.3) is 0 Å². The summed E-state index contributed by atoms with van der Waals surface area (Å²) < 4.78 is 20.3. The van der Waals surface area contributed by atoms with E-state index >= 15 is 0 Å². The van der Waals surface area contributed by atoms with Gasteiger partial charge in [-0.05, 0) is 51.6 Å². The Labute approximate surface area is 192 Å². The number of nitrogens with one attached hydrogen (secondary N) is 4. The highest BCUT2D eigenvalue weighted by molar-refractivity contribution is 6.69. The van der Waals surface area contributed by atoms with E-state index in [9.17, 15) is 4.39 Å². The number of pyridine rings is 1. The molecule has 0 fully saturated rings. The van der Waals surface area contributed by atoms with Crippen molar-refractivity contribution in [2.24, 2.45) is 5.92 Å². The van der Waals surface area contributed by atoms with Gasteiger partial charge in [-0.3, -0.25) is 5.41 Å². The average molecular weight is 459 g/mol. The maximum atomic E-state index is 14.2. The van der Waals surface area contributed by atoms with Crippen LogP contribution in [0.25, 0.3) is 5.70 Å². The van der Waals surface area contributed by atoms with Crippen LogP contribution in [0.4, 0.5) is 10.2 Å². The molecule has 6 N–H and O–H groups in total. The number of hydrogen-bond acceptors (Lipinski definition) is 7. The summed E-state index contributed by atoms with van der Waals surface area (Å²) in [5, 5.41) is 23.5. The van der Waals surface area contributed by atoms with Crippen molar-refractivity contribution in [3.8, 4) is 5.75 Å². The van der Waals surface area contributed by atoms with E-state index in [4.69, 9.17) is 32.9 Å². The summed E-state index contributed by atoms with van der Waals surface area (Å²) in [5.74, 6) is -0.210. The summed E-state index contributed by atoms with van der Waals surface area (Å²) in [6.07, 6.45) is 1.35. The number of aromatic nitrogens is 1. The maximum absolute atomic E-state index is 14.2. The number of rotatable bonds is 5. The highest BCUT2D eigenvalue weighted by Gasteiger charge is 2.27. The Balaban J connectivity index is 2.31. The fraction of sp³-hybridized carbons (Fsp3) is 0.348. The van der Waals surface area contributed by atoms with Crippen LogP contribution < -0.4 is 21.1 Å². The zero-order chi connectivity index (χ0) is 23.4. The minimum Gasteiger partial charge on any atom is -0.482 e. The van der Waals surface area contributed by atoms with Crippen LogP contribution in [0.5, 0.6) is 5.75 Å². The molecule has 2 aromatic rings. The number of benzene rings is 1. The van der Waals surface area contributed by atoms with Crippen LogP contribution in [-0.2, 0) is 0 Å². The number of allylic oxidation sites excluding steroid dienone is 1. The predicted octanol–water partition coefficient (Wildman–Crippen LogP) is 4.09. The van der Waals surface area contributed by atoms with Gasteiger partial charge in [-0.1, -0.05) is 11.6 Å². The minimum absolute atomic E-state index is 0.126. The quantitative estimate of drug-likeness (QED) is 0.432. The molecule has 3 rings (SSSR count). The molecular formula is C23H28ClFN6O. The first-order valence-electron chi connectivity index (χ1n) is 10.4. The molecule has 0 spiro atoms. The van der Waals surface area contributed by atoms with Crippen molar-refractivity contribution in [1.29, 1.82) is 10.8 Å². The maximum Gasteiger partial charge on any atom is 0.166 e. The summed E-state index contributed by atoms with van der Waals surface area (Å²) in [5.41, 5.74) is 9.35. The van der Waals surface area contributed by atoms with Crippen LogP contribution in [0.15, 0.2) is 36.0 Å². The average Bonchev–Trinajstić information content (AvgIpc) is 2.75. The monoisotopic (exact) mass is 458 g/mol.